The smallest absolute Gasteiger partial charge is 0.491 e. The molecule has 0 bridgehead atoms. The maximum atomic E-state index is 10.3. The predicted octanol–water partition coefficient (Wildman–Crippen LogP) is 2.56. The van der Waals surface area contributed by atoms with Crippen molar-refractivity contribution < 1.29 is 8.95 Å². The third-order valence-corrected chi connectivity index (χ3v) is 2.24. The van der Waals surface area contributed by atoms with E-state index in [0.29, 0.717) is 22.3 Å². The summed E-state index contributed by atoms with van der Waals surface area (Å²) in [4.78, 5) is 4.41. The van der Waals surface area contributed by atoms with Crippen LogP contribution in [0.3, 0.4) is 0 Å². The Labute approximate surface area is 98.6 Å². The Morgan fingerprint density at radius 1 is 1.06 bits per heavy atom. The van der Waals surface area contributed by atoms with Crippen molar-refractivity contribution in [1.82, 2.24) is 4.98 Å². The summed E-state index contributed by atoms with van der Waals surface area (Å²) in [5.74, 6) is 0.641. The van der Waals surface area contributed by atoms with Gasteiger partial charge in [0.2, 0.25) is 0 Å². The molecule has 0 aliphatic heterocycles. The van der Waals surface area contributed by atoms with E-state index in [1.165, 1.54) is 0 Å². The molecule has 2 aromatic rings. The van der Waals surface area contributed by atoms with Gasteiger partial charge in [-0.15, -0.1) is 0 Å². The molecule has 0 saturated heterocycles. The van der Waals surface area contributed by atoms with Gasteiger partial charge in [0.25, 0.3) is 0 Å². The number of benzene rings is 1. The van der Waals surface area contributed by atoms with Gasteiger partial charge in [-0.3, -0.25) is 4.98 Å². The van der Waals surface area contributed by atoms with Crippen molar-refractivity contribution in [3.8, 4) is 5.75 Å². The zero-order valence-electron chi connectivity index (χ0n) is 8.87. The highest BCUT2D eigenvalue weighted by Gasteiger charge is 2.12. The molecule has 0 aliphatic rings. The fourth-order valence-corrected chi connectivity index (χ4v) is 1.37. The van der Waals surface area contributed by atoms with Crippen LogP contribution in [0.25, 0.3) is 0 Å². The number of rotatable bonds is 2. The summed E-state index contributed by atoms with van der Waals surface area (Å²) in [5, 5.41) is 0. The molecule has 1 aromatic carbocycles. The second-order valence-corrected chi connectivity index (χ2v) is 3.37. The second kappa shape index (κ2) is 7.48. The van der Waals surface area contributed by atoms with Gasteiger partial charge >= 0.3 is 16.6 Å². The minimum absolute atomic E-state index is 0.445. The van der Waals surface area contributed by atoms with Gasteiger partial charge < -0.3 is 4.74 Å². The first kappa shape index (κ1) is 12.3. The van der Waals surface area contributed by atoms with Gasteiger partial charge in [0.15, 0.2) is 5.75 Å². The first-order chi connectivity index (χ1) is 7.88. The Balaban J connectivity index is 0.000000181. The lowest BCUT2D eigenvalue weighted by atomic mass is 10.3. The lowest BCUT2D eigenvalue weighted by molar-refractivity contribution is 0.404. The third-order valence-electron chi connectivity index (χ3n) is 1.73. The van der Waals surface area contributed by atoms with E-state index in [0.717, 1.165) is 0 Å². The van der Waals surface area contributed by atoms with Crippen LogP contribution in [0, 0.1) is 0 Å². The molecule has 0 fully saturated rings. The molecular weight excluding hydrogens is 222 g/mol. The van der Waals surface area contributed by atoms with Crippen molar-refractivity contribution in [2.75, 3.05) is 7.11 Å². The summed E-state index contributed by atoms with van der Waals surface area (Å²) in [5.41, 5.74) is 0. The maximum absolute atomic E-state index is 10.3. The minimum atomic E-state index is 0.445. The quantitative estimate of drug-likeness (QED) is 0.750. The number of hydrogen-bond acceptors (Lipinski definition) is 3. The number of hydrogen-bond donors (Lipinski definition) is 0. The van der Waals surface area contributed by atoms with Gasteiger partial charge in [-0.05, 0) is 18.2 Å². The molecule has 0 spiro atoms. The summed E-state index contributed by atoms with van der Waals surface area (Å²) in [6.45, 7) is 0. The van der Waals surface area contributed by atoms with Crippen LogP contribution < -0.4 is 4.74 Å². The van der Waals surface area contributed by atoms with Crippen molar-refractivity contribution in [3.05, 3.63) is 54.9 Å². The summed E-state index contributed by atoms with van der Waals surface area (Å²) >= 11 is 0.445. The molecule has 2 rings (SSSR count). The fraction of sp³-hybridized carbons (Fsp3) is 0.0833. The summed E-state index contributed by atoms with van der Waals surface area (Å²) in [7, 11) is 1.55. The largest absolute Gasteiger partial charge is 0.509 e. The van der Waals surface area contributed by atoms with Gasteiger partial charge in [-0.2, -0.15) is 0 Å². The van der Waals surface area contributed by atoms with Gasteiger partial charge in [-0.1, -0.05) is 18.2 Å². The van der Waals surface area contributed by atoms with Crippen molar-refractivity contribution in [3.63, 3.8) is 0 Å². The molecule has 16 heavy (non-hydrogen) atoms. The number of ether oxygens (including phenoxy) is 1. The molecule has 0 saturated carbocycles. The molecule has 0 N–H and O–H groups in total. The summed E-state index contributed by atoms with van der Waals surface area (Å²) < 4.78 is 15.3. The predicted molar refractivity (Wildman–Crippen MR) is 63.5 cm³/mol. The second-order valence-electron chi connectivity index (χ2n) is 2.76. The van der Waals surface area contributed by atoms with Gasteiger partial charge in [0, 0.05) is 22.7 Å². The normalized spacial score (nSPS) is 8.56. The molecule has 0 atom stereocenters. The first-order valence-electron chi connectivity index (χ1n) is 4.66. The van der Waals surface area contributed by atoms with Crippen molar-refractivity contribution >= 4 is 11.7 Å². The van der Waals surface area contributed by atoms with Crippen LogP contribution in [0.5, 0.6) is 5.75 Å². The first-order valence-corrected chi connectivity index (χ1v) is 5.40. The lowest BCUT2D eigenvalue weighted by Crippen LogP contribution is -1.85. The molecular formula is C12H12NO2S+. The Morgan fingerprint density at radius 3 is 2.12 bits per heavy atom. The highest BCUT2D eigenvalue weighted by Crippen LogP contribution is 2.16. The SMILES string of the molecule is COc1ccccc1[S+]=O.c1ccncc1. The van der Waals surface area contributed by atoms with Crippen LogP contribution in [-0.2, 0) is 15.9 Å². The highest BCUT2D eigenvalue weighted by atomic mass is 32.1. The zero-order valence-corrected chi connectivity index (χ0v) is 9.68. The van der Waals surface area contributed by atoms with E-state index < -0.39 is 0 Å². The van der Waals surface area contributed by atoms with Gasteiger partial charge in [-0.25, -0.2) is 0 Å². The van der Waals surface area contributed by atoms with E-state index in [4.69, 9.17) is 4.74 Å². The van der Waals surface area contributed by atoms with Crippen LogP contribution >= 0.6 is 0 Å². The standard InChI is InChI=1S/C7H7O2S.C5H5N/c1-9-6-4-2-3-5-7(6)10-8;1-2-4-6-5-3-1/h2-5H,1H3;1-5H/q+1;. The Bertz CT molecular complexity index is 394. The number of pyridine rings is 1. The van der Waals surface area contributed by atoms with E-state index in [-0.39, 0.29) is 0 Å². The zero-order chi connectivity index (χ0) is 11.6. The highest BCUT2D eigenvalue weighted by molar-refractivity contribution is 7.65. The van der Waals surface area contributed by atoms with E-state index in [1.54, 1.807) is 31.6 Å². The fourth-order valence-electron chi connectivity index (χ4n) is 1.00. The van der Waals surface area contributed by atoms with Crippen LogP contribution in [0.1, 0.15) is 0 Å². The lowest BCUT2D eigenvalue weighted by Gasteiger charge is -1.92. The molecule has 0 unspecified atom stereocenters. The average Bonchev–Trinajstić information content (AvgIpc) is 2.41. The molecule has 0 aliphatic carbocycles. The van der Waals surface area contributed by atoms with E-state index in [9.17, 15) is 4.21 Å². The van der Waals surface area contributed by atoms with Crippen LogP contribution in [0.4, 0.5) is 0 Å². The number of methoxy groups -OCH3 is 1. The van der Waals surface area contributed by atoms with E-state index in [1.807, 2.05) is 30.3 Å². The van der Waals surface area contributed by atoms with Gasteiger partial charge in [0.1, 0.15) is 0 Å². The average molecular weight is 234 g/mol. The summed E-state index contributed by atoms with van der Waals surface area (Å²) in [6.07, 6.45) is 3.50. The summed E-state index contributed by atoms with van der Waals surface area (Å²) in [6, 6.07) is 12.9. The van der Waals surface area contributed by atoms with Crippen molar-refractivity contribution in [1.29, 1.82) is 0 Å². The van der Waals surface area contributed by atoms with Crippen molar-refractivity contribution in [2.24, 2.45) is 0 Å². The van der Waals surface area contributed by atoms with Crippen molar-refractivity contribution in [2.45, 2.75) is 4.90 Å². The number of nitrogens with zero attached hydrogens (tertiary/aromatic N) is 1. The van der Waals surface area contributed by atoms with Crippen LogP contribution in [-0.4, -0.2) is 12.1 Å². The molecule has 3 nitrogen and oxygen atoms in total. The van der Waals surface area contributed by atoms with Crippen LogP contribution in [0.15, 0.2) is 59.8 Å². The van der Waals surface area contributed by atoms with Crippen LogP contribution in [0.2, 0.25) is 0 Å². The Hall–Kier alpha value is -1.81. The number of para-hydroxylation sites is 1. The topological polar surface area (TPSA) is 39.2 Å². The molecule has 1 aromatic heterocycles. The minimum Gasteiger partial charge on any atom is -0.491 e. The Kier molecular flexibility index (Phi) is 5.73. The molecule has 0 radical (unpaired) electrons. The van der Waals surface area contributed by atoms with E-state index in [2.05, 4.69) is 4.98 Å². The van der Waals surface area contributed by atoms with E-state index >= 15 is 0 Å². The molecule has 0 amide bonds. The molecule has 4 heteroatoms. The maximum Gasteiger partial charge on any atom is 0.509 e. The molecule has 1 heterocycles. The molecule has 82 valence electrons. The third kappa shape index (κ3) is 4.14. The number of aromatic nitrogens is 1. The Morgan fingerprint density at radius 2 is 1.75 bits per heavy atom. The monoisotopic (exact) mass is 234 g/mol. The van der Waals surface area contributed by atoms with Gasteiger partial charge in [0.05, 0.1) is 7.11 Å².